The fourth-order valence-corrected chi connectivity index (χ4v) is 1.98. The lowest BCUT2D eigenvalue weighted by Crippen LogP contribution is -2.22. The third-order valence-electron chi connectivity index (χ3n) is 3.16. The van der Waals surface area contributed by atoms with Crippen LogP contribution >= 0.6 is 0 Å². The molecule has 2 aromatic carbocycles. The van der Waals surface area contributed by atoms with Crippen LogP contribution in [0.1, 0.15) is 29.2 Å². The molecule has 1 N–H and O–H groups in total. The first-order chi connectivity index (χ1) is 8.54. The summed E-state index contributed by atoms with van der Waals surface area (Å²) in [6.07, 6.45) is 0. The van der Waals surface area contributed by atoms with Crippen molar-refractivity contribution >= 4 is 0 Å². The van der Waals surface area contributed by atoms with Crippen molar-refractivity contribution in [2.24, 2.45) is 0 Å². The van der Waals surface area contributed by atoms with Crippen molar-refractivity contribution in [1.29, 1.82) is 5.26 Å². The standard InChI is InChI=1S/C16H15NO/c1-12-4-3-5-15(10-12)16(2,18)14-8-6-13(11-17)7-9-14/h3-10,18H,1-2H3. The van der Waals surface area contributed by atoms with E-state index < -0.39 is 5.60 Å². The van der Waals surface area contributed by atoms with E-state index in [1.54, 1.807) is 31.2 Å². The maximum absolute atomic E-state index is 10.7. The molecule has 2 nitrogen and oxygen atoms in total. The fourth-order valence-electron chi connectivity index (χ4n) is 1.98. The van der Waals surface area contributed by atoms with Crippen molar-refractivity contribution in [3.05, 3.63) is 70.8 Å². The monoisotopic (exact) mass is 237 g/mol. The van der Waals surface area contributed by atoms with Crippen molar-refractivity contribution in [2.75, 3.05) is 0 Å². The summed E-state index contributed by atoms with van der Waals surface area (Å²) >= 11 is 0. The molecular weight excluding hydrogens is 222 g/mol. The van der Waals surface area contributed by atoms with Gasteiger partial charge < -0.3 is 5.11 Å². The molecule has 0 aliphatic rings. The number of benzene rings is 2. The van der Waals surface area contributed by atoms with Gasteiger partial charge in [0.15, 0.2) is 0 Å². The number of hydrogen-bond donors (Lipinski definition) is 1. The Hall–Kier alpha value is -2.11. The van der Waals surface area contributed by atoms with Crippen LogP contribution in [0, 0.1) is 18.3 Å². The Labute approximate surface area is 107 Å². The zero-order chi connectivity index (χ0) is 13.2. The first-order valence-corrected chi connectivity index (χ1v) is 5.84. The van der Waals surface area contributed by atoms with E-state index >= 15 is 0 Å². The van der Waals surface area contributed by atoms with Gasteiger partial charge in [0.2, 0.25) is 0 Å². The summed E-state index contributed by atoms with van der Waals surface area (Å²) in [5, 5.41) is 19.4. The second kappa shape index (κ2) is 4.64. The molecule has 2 aromatic rings. The van der Waals surface area contributed by atoms with Crippen LogP contribution in [-0.4, -0.2) is 5.11 Å². The normalized spacial score (nSPS) is 13.7. The Kier molecular flexibility index (Phi) is 3.18. The van der Waals surface area contributed by atoms with Crippen LogP contribution in [-0.2, 0) is 5.60 Å². The Morgan fingerprint density at radius 1 is 1.06 bits per heavy atom. The highest BCUT2D eigenvalue weighted by Gasteiger charge is 2.25. The summed E-state index contributed by atoms with van der Waals surface area (Å²) in [6, 6.07) is 16.9. The van der Waals surface area contributed by atoms with Gasteiger partial charge in [0.1, 0.15) is 5.60 Å². The molecule has 0 radical (unpaired) electrons. The third kappa shape index (κ3) is 2.27. The van der Waals surface area contributed by atoms with E-state index in [2.05, 4.69) is 6.07 Å². The van der Waals surface area contributed by atoms with Gasteiger partial charge >= 0.3 is 0 Å². The average molecular weight is 237 g/mol. The summed E-state index contributed by atoms with van der Waals surface area (Å²) in [5.41, 5.74) is 2.31. The van der Waals surface area contributed by atoms with Crippen molar-refractivity contribution in [2.45, 2.75) is 19.4 Å². The molecule has 0 aromatic heterocycles. The molecule has 18 heavy (non-hydrogen) atoms. The Morgan fingerprint density at radius 3 is 2.28 bits per heavy atom. The highest BCUT2D eigenvalue weighted by atomic mass is 16.3. The van der Waals surface area contributed by atoms with Crippen LogP contribution < -0.4 is 0 Å². The van der Waals surface area contributed by atoms with Crippen molar-refractivity contribution in [3.8, 4) is 6.07 Å². The summed E-state index contributed by atoms with van der Waals surface area (Å²) in [5.74, 6) is 0. The number of hydrogen-bond acceptors (Lipinski definition) is 2. The second-order valence-corrected chi connectivity index (χ2v) is 4.63. The molecular formula is C16H15NO. The molecule has 0 heterocycles. The first-order valence-electron chi connectivity index (χ1n) is 5.84. The number of aryl methyl sites for hydroxylation is 1. The minimum atomic E-state index is -1.04. The van der Waals surface area contributed by atoms with Crippen molar-refractivity contribution in [3.63, 3.8) is 0 Å². The Morgan fingerprint density at radius 2 is 1.72 bits per heavy atom. The maximum Gasteiger partial charge on any atom is 0.112 e. The number of aliphatic hydroxyl groups is 1. The topological polar surface area (TPSA) is 44.0 Å². The second-order valence-electron chi connectivity index (χ2n) is 4.63. The minimum absolute atomic E-state index is 0.596. The average Bonchev–Trinajstić information content (AvgIpc) is 2.39. The molecule has 0 aliphatic carbocycles. The molecule has 0 saturated carbocycles. The van der Waals surface area contributed by atoms with Crippen LogP contribution in [0.3, 0.4) is 0 Å². The third-order valence-corrected chi connectivity index (χ3v) is 3.16. The van der Waals surface area contributed by atoms with Gasteiger partial charge in [0.25, 0.3) is 0 Å². The molecule has 0 spiro atoms. The maximum atomic E-state index is 10.7. The molecule has 0 amide bonds. The minimum Gasteiger partial charge on any atom is -0.381 e. The summed E-state index contributed by atoms with van der Waals surface area (Å²) in [6.45, 7) is 3.77. The van der Waals surface area contributed by atoms with Gasteiger partial charge in [-0.05, 0) is 37.1 Å². The van der Waals surface area contributed by atoms with Gasteiger partial charge in [-0.15, -0.1) is 0 Å². The number of rotatable bonds is 2. The highest BCUT2D eigenvalue weighted by molar-refractivity contribution is 5.40. The van der Waals surface area contributed by atoms with Crippen LogP contribution in [0.15, 0.2) is 48.5 Å². The molecule has 2 heteroatoms. The molecule has 90 valence electrons. The van der Waals surface area contributed by atoms with E-state index in [1.807, 2.05) is 31.2 Å². The van der Waals surface area contributed by atoms with Crippen molar-refractivity contribution in [1.82, 2.24) is 0 Å². The molecule has 2 rings (SSSR count). The van der Waals surface area contributed by atoms with E-state index in [4.69, 9.17) is 5.26 Å². The van der Waals surface area contributed by atoms with Crippen LogP contribution in [0.5, 0.6) is 0 Å². The van der Waals surface area contributed by atoms with Gasteiger partial charge in [-0.1, -0.05) is 42.0 Å². The van der Waals surface area contributed by atoms with E-state index in [0.29, 0.717) is 5.56 Å². The first kappa shape index (κ1) is 12.3. The molecule has 1 unspecified atom stereocenters. The molecule has 0 fully saturated rings. The van der Waals surface area contributed by atoms with E-state index in [1.165, 1.54) is 0 Å². The molecule has 0 saturated heterocycles. The summed E-state index contributed by atoms with van der Waals surface area (Å²) in [4.78, 5) is 0. The van der Waals surface area contributed by atoms with Crippen LogP contribution in [0.4, 0.5) is 0 Å². The predicted molar refractivity (Wildman–Crippen MR) is 71.0 cm³/mol. The lowest BCUT2D eigenvalue weighted by molar-refractivity contribution is 0.102. The molecule has 0 bridgehead atoms. The zero-order valence-corrected chi connectivity index (χ0v) is 10.5. The predicted octanol–water partition coefficient (Wildman–Crippen LogP) is 3.12. The summed E-state index contributed by atoms with van der Waals surface area (Å²) in [7, 11) is 0. The lowest BCUT2D eigenvalue weighted by atomic mass is 9.87. The quantitative estimate of drug-likeness (QED) is 0.872. The van der Waals surface area contributed by atoms with Gasteiger partial charge in [-0.3, -0.25) is 0 Å². The Balaban J connectivity index is 2.44. The highest BCUT2D eigenvalue weighted by Crippen LogP contribution is 2.29. The van der Waals surface area contributed by atoms with E-state index in [-0.39, 0.29) is 0 Å². The SMILES string of the molecule is Cc1cccc(C(C)(O)c2ccc(C#N)cc2)c1. The number of nitrogens with zero attached hydrogens (tertiary/aromatic N) is 1. The van der Waals surface area contributed by atoms with Crippen LogP contribution in [0.2, 0.25) is 0 Å². The number of nitriles is 1. The van der Waals surface area contributed by atoms with Crippen LogP contribution in [0.25, 0.3) is 0 Å². The van der Waals surface area contributed by atoms with Gasteiger partial charge in [0.05, 0.1) is 11.6 Å². The van der Waals surface area contributed by atoms with E-state index in [0.717, 1.165) is 16.7 Å². The molecule has 1 atom stereocenters. The fraction of sp³-hybridized carbons (Fsp3) is 0.188. The van der Waals surface area contributed by atoms with Gasteiger partial charge in [0, 0.05) is 0 Å². The van der Waals surface area contributed by atoms with Crippen molar-refractivity contribution < 1.29 is 5.11 Å². The van der Waals surface area contributed by atoms with Gasteiger partial charge in [-0.25, -0.2) is 0 Å². The smallest absolute Gasteiger partial charge is 0.112 e. The van der Waals surface area contributed by atoms with Gasteiger partial charge in [-0.2, -0.15) is 5.26 Å². The molecule has 0 aliphatic heterocycles. The lowest BCUT2D eigenvalue weighted by Gasteiger charge is -2.25. The van der Waals surface area contributed by atoms with E-state index in [9.17, 15) is 5.11 Å². The zero-order valence-electron chi connectivity index (χ0n) is 10.5. The largest absolute Gasteiger partial charge is 0.381 e. The Bertz CT molecular complexity index is 591. The summed E-state index contributed by atoms with van der Waals surface area (Å²) < 4.78 is 0.